The van der Waals surface area contributed by atoms with Crippen LogP contribution in [0.3, 0.4) is 0 Å². The van der Waals surface area contributed by atoms with Crippen molar-refractivity contribution in [3.8, 4) is 0 Å². The predicted molar refractivity (Wildman–Crippen MR) is 96.6 cm³/mol. The van der Waals surface area contributed by atoms with Crippen molar-refractivity contribution < 1.29 is 9.53 Å². The van der Waals surface area contributed by atoms with E-state index >= 15 is 0 Å². The molecular weight excluding hydrogens is 330 g/mol. The summed E-state index contributed by atoms with van der Waals surface area (Å²) >= 11 is 0. The second-order valence-electron chi connectivity index (χ2n) is 6.70. The molecule has 2 aliphatic rings. The molecule has 2 aliphatic heterocycles. The van der Waals surface area contributed by atoms with E-state index in [0.29, 0.717) is 6.54 Å². The number of carbonyl (C=O) groups excluding carboxylic acids is 1. The molecular formula is C19H23N5O2. The lowest BCUT2D eigenvalue weighted by Crippen LogP contribution is -2.48. The number of aromatic nitrogens is 3. The minimum atomic E-state index is -0.364. The number of carbonyl (C=O) groups is 1. The van der Waals surface area contributed by atoms with Crippen LogP contribution < -0.4 is 10.2 Å². The maximum atomic E-state index is 12.4. The Hall–Kier alpha value is -2.54. The first-order chi connectivity index (χ1) is 12.8. The average molecular weight is 353 g/mol. The fourth-order valence-electron chi connectivity index (χ4n) is 3.78. The minimum absolute atomic E-state index is 0.0196. The fourth-order valence-corrected chi connectivity index (χ4v) is 3.78. The number of amides is 1. The number of hydrogen-bond acceptors (Lipinski definition) is 6. The number of pyridine rings is 1. The third-order valence-electron chi connectivity index (χ3n) is 5.06. The van der Waals surface area contributed by atoms with Crippen molar-refractivity contribution in [3.05, 3.63) is 48.5 Å². The Kier molecular flexibility index (Phi) is 5.06. The summed E-state index contributed by atoms with van der Waals surface area (Å²) in [5, 5.41) is 2.98. The van der Waals surface area contributed by atoms with Crippen molar-refractivity contribution in [2.45, 2.75) is 43.9 Å². The van der Waals surface area contributed by atoms with Crippen LogP contribution in [0, 0.1) is 0 Å². The van der Waals surface area contributed by atoms with Crippen LogP contribution in [0.5, 0.6) is 0 Å². The first kappa shape index (κ1) is 16.9. The van der Waals surface area contributed by atoms with Gasteiger partial charge in [0.15, 0.2) is 0 Å². The van der Waals surface area contributed by atoms with E-state index in [1.54, 1.807) is 18.6 Å². The van der Waals surface area contributed by atoms with Crippen LogP contribution >= 0.6 is 0 Å². The Morgan fingerprint density at radius 2 is 1.96 bits per heavy atom. The van der Waals surface area contributed by atoms with Gasteiger partial charge in [0, 0.05) is 43.8 Å². The van der Waals surface area contributed by atoms with Gasteiger partial charge < -0.3 is 15.0 Å². The highest BCUT2D eigenvalue weighted by Gasteiger charge is 2.42. The van der Waals surface area contributed by atoms with E-state index in [0.717, 1.165) is 43.9 Å². The molecule has 4 rings (SSSR count). The molecule has 26 heavy (non-hydrogen) atoms. The summed E-state index contributed by atoms with van der Waals surface area (Å²) in [5.41, 5.74) is 0.978. The van der Waals surface area contributed by atoms with Crippen molar-refractivity contribution in [3.63, 3.8) is 0 Å². The molecule has 3 atom stereocenters. The van der Waals surface area contributed by atoms with Gasteiger partial charge >= 0.3 is 0 Å². The quantitative estimate of drug-likeness (QED) is 0.874. The zero-order valence-electron chi connectivity index (χ0n) is 14.6. The monoisotopic (exact) mass is 353 g/mol. The molecule has 136 valence electrons. The molecule has 1 N–H and O–H groups in total. The van der Waals surface area contributed by atoms with E-state index in [1.165, 1.54) is 0 Å². The third kappa shape index (κ3) is 3.67. The summed E-state index contributed by atoms with van der Waals surface area (Å²) in [5.74, 6) is 0.732. The van der Waals surface area contributed by atoms with Crippen molar-refractivity contribution in [2.24, 2.45) is 0 Å². The van der Waals surface area contributed by atoms with E-state index < -0.39 is 0 Å². The van der Waals surface area contributed by atoms with E-state index in [9.17, 15) is 4.79 Å². The van der Waals surface area contributed by atoms with Crippen LogP contribution in [0.4, 0.5) is 5.95 Å². The van der Waals surface area contributed by atoms with E-state index in [4.69, 9.17) is 4.74 Å². The van der Waals surface area contributed by atoms with Gasteiger partial charge in [0.05, 0.1) is 12.1 Å². The lowest BCUT2D eigenvalue weighted by atomic mass is 9.98. The topological polar surface area (TPSA) is 80.2 Å². The molecule has 2 saturated heterocycles. The van der Waals surface area contributed by atoms with Gasteiger partial charge in [-0.2, -0.15) is 0 Å². The second-order valence-corrected chi connectivity index (χ2v) is 6.70. The highest BCUT2D eigenvalue weighted by atomic mass is 16.5. The normalized spacial score (nSPS) is 24.9. The number of rotatable bonds is 5. The van der Waals surface area contributed by atoms with Crippen LogP contribution in [-0.2, 0) is 16.0 Å². The lowest BCUT2D eigenvalue weighted by Gasteiger charge is -2.35. The van der Waals surface area contributed by atoms with E-state index in [-0.39, 0.29) is 24.2 Å². The van der Waals surface area contributed by atoms with Crippen molar-refractivity contribution in [1.82, 2.24) is 20.3 Å². The predicted octanol–water partition coefficient (Wildman–Crippen LogP) is 1.36. The van der Waals surface area contributed by atoms with Crippen LogP contribution in [0.2, 0.25) is 0 Å². The summed E-state index contributed by atoms with van der Waals surface area (Å²) in [6.07, 6.45) is 8.26. The number of ether oxygens (including phenoxy) is 1. The Balaban J connectivity index is 1.28. The second kappa shape index (κ2) is 7.78. The Morgan fingerprint density at radius 3 is 2.77 bits per heavy atom. The average Bonchev–Trinajstić information content (AvgIpc) is 3.12. The zero-order valence-corrected chi connectivity index (χ0v) is 14.6. The molecule has 0 aromatic carbocycles. The Morgan fingerprint density at radius 1 is 1.12 bits per heavy atom. The third-order valence-corrected chi connectivity index (χ3v) is 5.06. The molecule has 2 aromatic rings. The van der Waals surface area contributed by atoms with Crippen molar-refractivity contribution >= 4 is 11.9 Å². The standard InChI is InChI=1S/C19H23N5O2/c25-18(21-12-7-14-4-1-2-9-20-14)17-6-5-15-16(26-17)8-13-24(15)19-22-10-3-11-23-19/h1-4,9-11,15-17H,5-8,12-13H2,(H,21,25)/t15-,16-,17+/m1/s1. The Labute approximate surface area is 152 Å². The smallest absolute Gasteiger partial charge is 0.249 e. The number of anilines is 1. The summed E-state index contributed by atoms with van der Waals surface area (Å²) in [6, 6.07) is 7.89. The summed E-state index contributed by atoms with van der Waals surface area (Å²) in [4.78, 5) is 27.6. The van der Waals surface area contributed by atoms with Crippen LogP contribution in [0.25, 0.3) is 0 Å². The molecule has 0 spiro atoms. The highest BCUT2D eigenvalue weighted by Crippen LogP contribution is 2.33. The van der Waals surface area contributed by atoms with Crippen LogP contribution in [-0.4, -0.2) is 52.2 Å². The molecule has 7 heteroatoms. The maximum absolute atomic E-state index is 12.4. The first-order valence-corrected chi connectivity index (χ1v) is 9.18. The van der Waals surface area contributed by atoms with Gasteiger partial charge in [0.1, 0.15) is 6.10 Å². The molecule has 7 nitrogen and oxygen atoms in total. The van der Waals surface area contributed by atoms with Crippen molar-refractivity contribution in [2.75, 3.05) is 18.0 Å². The summed E-state index contributed by atoms with van der Waals surface area (Å²) in [7, 11) is 0. The van der Waals surface area contributed by atoms with Gasteiger partial charge in [0.25, 0.3) is 0 Å². The fraction of sp³-hybridized carbons (Fsp3) is 0.474. The Bertz CT molecular complexity index is 727. The van der Waals surface area contributed by atoms with Gasteiger partial charge in [-0.05, 0) is 37.5 Å². The van der Waals surface area contributed by atoms with Gasteiger partial charge in [-0.3, -0.25) is 9.78 Å². The molecule has 0 aliphatic carbocycles. The van der Waals surface area contributed by atoms with E-state index in [2.05, 4.69) is 25.2 Å². The molecule has 4 heterocycles. The van der Waals surface area contributed by atoms with Crippen LogP contribution in [0.1, 0.15) is 25.0 Å². The zero-order chi connectivity index (χ0) is 17.8. The van der Waals surface area contributed by atoms with Gasteiger partial charge in [-0.1, -0.05) is 6.07 Å². The van der Waals surface area contributed by atoms with Crippen molar-refractivity contribution in [1.29, 1.82) is 0 Å². The molecule has 0 saturated carbocycles. The van der Waals surface area contributed by atoms with Crippen LogP contribution in [0.15, 0.2) is 42.9 Å². The SMILES string of the molecule is O=C(NCCc1ccccn1)[C@@H]1CC[C@@H]2[C@@H](CCN2c2ncccn2)O1. The minimum Gasteiger partial charge on any atom is -0.363 e. The van der Waals surface area contributed by atoms with E-state index in [1.807, 2.05) is 24.3 Å². The largest absolute Gasteiger partial charge is 0.363 e. The summed E-state index contributed by atoms with van der Waals surface area (Å²) in [6.45, 7) is 1.45. The molecule has 2 aromatic heterocycles. The maximum Gasteiger partial charge on any atom is 0.249 e. The molecule has 0 bridgehead atoms. The molecule has 1 amide bonds. The van der Waals surface area contributed by atoms with Gasteiger partial charge in [-0.25, -0.2) is 9.97 Å². The number of nitrogens with zero attached hydrogens (tertiary/aromatic N) is 4. The first-order valence-electron chi connectivity index (χ1n) is 9.18. The molecule has 2 fully saturated rings. The summed E-state index contributed by atoms with van der Waals surface area (Å²) < 4.78 is 6.10. The number of fused-ring (bicyclic) bond motifs is 1. The number of nitrogens with one attached hydrogen (secondary N) is 1. The molecule has 0 radical (unpaired) electrons. The lowest BCUT2D eigenvalue weighted by molar-refractivity contribution is -0.141. The van der Waals surface area contributed by atoms with Gasteiger partial charge in [-0.15, -0.1) is 0 Å². The molecule has 0 unspecified atom stereocenters. The number of hydrogen-bond donors (Lipinski definition) is 1. The van der Waals surface area contributed by atoms with Gasteiger partial charge in [0.2, 0.25) is 11.9 Å². The highest BCUT2D eigenvalue weighted by molar-refractivity contribution is 5.80.